The highest BCUT2D eigenvalue weighted by Gasteiger charge is 2.35. The molecule has 25 heteroatoms. The van der Waals surface area contributed by atoms with Crippen LogP contribution in [0, 0.1) is 0 Å². The van der Waals surface area contributed by atoms with Gasteiger partial charge in [0.25, 0.3) is 11.8 Å². The zero-order chi connectivity index (χ0) is 62.2. The van der Waals surface area contributed by atoms with Crippen LogP contribution in [0.3, 0.4) is 0 Å². The molecule has 0 bridgehead atoms. The Morgan fingerprint density at radius 1 is 0.598 bits per heavy atom. The Morgan fingerprint density at radius 2 is 0.989 bits per heavy atom. The molecule has 0 radical (unpaired) electrons. The van der Waals surface area contributed by atoms with Crippen molar-refractivity contribution in [2.75, 3.05) is 37.1 Å². The maximum Gasteiger partial charge on any atom is 0.573 e. The fraction of sp³-hybridized carbons (Fsp3) is 0.258. The van der Waals surface area contributed by atoms with Crippen LogP contribution in [0.2, 0.25) is 10.0 Å². The molecule has 4 heterocycles. The fourth-order valence-electron chi connectivity index (χ4n) is 10.4. The number of halogens is 8. The molecule has 2 unspecified atom stereocenters. The van der Waals surface area contributed by atoms with Crippen LogP contribution >= 0.6 is 23.2 Å². The molecule has 2 aliphatic heterocycles. The first-order valence-electron chi connectivity index (χ1n) is 27.2. The van der Waals surface area contributed by atoms with Crippen molar-refractivity contribution in [3.63, 3.8) is 0 Å². The third-order valence-corrected chi connectivity index (χ3v) is 15.3. The lowest BCUT2D eigenvalue weighted by molar-refractivity contribution is -0.274. The smallest absolute Gasteiger partial charge is 0.492 e. The Morgan fingerprint density at radius 3 is 1.37 bits per heavy atom. The van der Waals surface area contributed by atoms with Crippen molar-refractivity contribution in [2.45, 2.75) is 75.5 Å². The van der Waals surface area contributed by atoms with E-state index in [1.54, 1.807) is 110 Å². The SMILES string of the molecule is CN(c1cncn1Cc1ccc(C(F)(F)F)cc1)C1CCOc2c(C(=O)N[C@@H](Cc3ccc(Cl)cc3)C(N)=O)cccc21.CN(c1cncn1Cc1ccc(OC(F)(F)F)cc1)C1CCOc2c(C(=O)N[C@@H](Cc3ccc(Cl)cc3)C(N)=O)cccc21. The van der Waals surface area contributed by atoms with Crippen molar-refractivity contribution in [3.05, 3.63) is 219 Å². The van der Waals surface area contributed by atoms with Gasteiger partial charge in [-0.15, -0.1) is 13.2 Å². The van der Waals surface area contributed by atoms with Gasteiger partial charge in [0.2, 0.25) is 11.8 Å². The van der Waals surface area contributed by atoms with E-state index < -0.39 is 53.8 Å². The lowest BCUT2D eigenvalue weighted by Gasteiger charge is -2.35. The molecular weight excluding hydrogens is 1180 g/mol. The van der Waals surface area contributed by atoms with Gasteiger partial charge in [0.1, 0.15) is 41.0 Å². The third-order valence-electron chi connectivity index (χ3n) is 14.8. The lowest BCUT2D eigenvalue weighted by Crippen LogP contribution is -2.46. The minimum Gasteiger partial charge on any atom is -0.492 e. The van der Waals surface area contributed by atoms with Gasteiger partial charge in [-0.2, -0.15) is 13.2 Å². The van der Waals surface area contributed by atoms with Crippen LogP contribution in [-0.2, 0) is 41.7 Å². The van der Waals surface area contributed by atoms with Crippen molar-refractivity contribution in [1.82, 2.24) is 29.7 Å². The predicted molar refractivity (Wildman–Crippen MR) is 314 cm³/mol. The Kier molecular flexibility index (Phi) is 19.3. The molecule has 2 aliphatic rings. The number of nitrogens with two attached hydrogens (primary N) is 2. The van der Waals surface area contributed by atoms with E-state index in [1.165, 1.54) is 24.3 Å². The summed E-state index contributed by atoms with van der Waals surface area (Å²) >= 11 is 11.9. The van der Waals surface area contributed by atoms with Gasteiger partial charge in [0, 0.05) is 61.0 Å². The number of hydrogen-bond donors (Lipinski definition) is 4. The molecule has 0 saturated heterocycles. The van der Waals surface area contributed by atoms with Crippen molar-refractivity contribution in [3.8, 4) is 17.2 Å². The second-order valence-corrected chi connectivity index (χ2v) is 21.5. The molecule has 0 aliphatic carbocycles. The average molecular weight is 1240 g/mol. The monoisotopic (exact) mass is 1240 g/mol. The topological polar surface area (TPSA) is 214 Å². The lowest BCUT2D eigenvalue weighted by atomic mass is 9.95. The zero-order valence-electron chi connectivity index (χ0n) is 46.7. The molecule has 0 saturated carbocycles. The summed E-state index contributed by atoms with van der Waals surface area (Å²) in [5.74, 6) is -0.318. The van der Waals surface area contributed by atoms with Crippen molar-refractivity contribution < 1.29 is 59.7 Å². The van der Waals surface area contributed by atoms with Crippen LogP contribution in [0.25, 0.3) is 0 Å². The molecule has 17 nitrogen and oxygen atoms in total. The van der Waals surface area contributed by atoms with Gasteiger partial charge in [-0.25, -0.2) is 9.97 Å². The average Bonchev–Trinajstić information content (AvgIpc) is 1.89. The van der Waals surface area contributed by atoms with Gasteiger partial charge in [-0.3, -0.25) is 19.2 Å². The largest absolute Gasteiger partial charge is 0.573 e. The molecule has 0 fully saturated rings. The van der Waals surface area contributed by atoms with Crippen molar-refractivity contribution in [2.24, 2.45) is 11.5 Å². The molecule has 6 N–H and O–H groups in total. The zero-order valence-corrected chi connectivity index (χ0v) is 48.2. The number of hydrogen-bond acceptors (Lipinski definition) is 11. The van der Waals surface area contributed by atoms with Crippen LogP contribution < -0.4 is 46.1 Å². The van der Waals surface area contributed by atoms with Crippen molar-refractivity contribution >= 4 is 58.5 Å². The van der Waals surface area contributed by atoms with Crippen LogP contribution in [0.5, 0.6) is 17.2 Å². The van der Waals surface area contributed by atoms with Crippen LogP contribution in [-0.4, -0.2) is 88.5 Å². The first-order valence-corrected chi connectivity index (χ1v) is 27.9. The maximum absolute atomic E-state index is 13.4. The number of carbonyl (C=O) groups excluding carboxylic acids is 4. The first kappa shape index (κ1) is 62.3. The standard InChI is InChI=1S/C31H29ClF3N5O4.C31H29ClF3N5O3/c1-39(27-16-37-18-40(27)17-20-7-11-22(12-8-20)44-31(33,34)35)26-13-14-43-28-23(26)3-2-4-24(28)30(42)38-25(29(36)41)15-19-5-9-21(32)10-6-19;1-39(27-16-37-18-40(27)17-20-5-9-21(10-6-20)31(33,34)35)26-13-14-43-28-23(26)3-2-4-24(28)30(42)38-25(29(36)41)15-19-7-11-22(32)12-8-19/h2-12,16,18,25-26H,13-15,17H2,1H3,(H2,36,41)(H,38,42);2-12,16,18,25-26H,13-15,17H2,1H3,(H2,36,41)(H,38,42)/t2*25-,26?/m00/s1. The van der Waals surface area contributed by atoms with E-state index in [4.69, 9.17) is 44.1 Å². The summed E-state index contributed by atoms with van der Waals surface area (Å²) in [6, 6.07) is 32.8. The highest BCUT2D eigenvalue weighted by Crippen LogP contribution is 2.42. The highest BCUT2D eigenvalue weighted by molar-refractivity contribution is 6.30. The number of para-hydroxylation sites is 2. The summed E-state index contributed by atoms with van der Waals surface area (Å²) in [6.45, 7) is 1.35. The Bertz CT molecular complexity index is 3720. The van der Waals surface area contributed by atoms with Crippen molar-refractivity contribution in [1.29, 1.82) is 0 Å². The van der Waals surface area contributed by atoms with Crippen LogP contribution in [0.4, 0.5) is 38.0 Å². The third kappa shape index (κ3) is 15.6. The van der Waals surface area contributed by atoms with Gasteiger partial charge in [-0.1, -0.05) is 96.0 Å². The second kappa shape index (κ2) is 27.0. The number of nitrogens with one attached hydrogen (secondary N) is 2. The van der Waals surface area contributed by atoms with E-state index >= 15 is 0 Å². The normalized spacial score (nSPS) is 15.1. The van der Waals surface area contributed by atoms with E-state index in [0.29, 0.717) is 66.3 Å². The summed E-state index contributed by atoms with van der Waals surface area (Å²) in [5.41, 5.74) is 15.6. The number of nitrogens with zero attached hydrogens (tertiary/aromatic N) is 6. The van der Waals surface area contributed by atoms with Crippen LogP contribution in [0.15, 0.2) is 159 Å². The molecule has 4 amide bonds. The Labute approximate surface area is 505 Å². The predicted octanol–water partition coefficient (Wildman–Crippen LogP) is 10.7. The van der Waals surface area contributed by atoms with E-state index in [1.807, 2.05) is 45.2 Å². The highest BCUT2D eigenvalue weighted by atomic mass is 35.5. The molecule has 10 rings (SSSR count). The number of anilines is 2. The minimum atomic E-state index is -4.76. The summed E-state index contributed by atoms with van der Waals surface area (Å²) in [5, 5.41) is 6.60. The number of imidazole rings is 2. The number of benzene rings is 6. The number of rotatable bonds is 19. The molecule has 6 aromatic carbocycles. The number of fused-ring (bicyclic) bond motifs is 2. The second-order valence-electron chi connectivity index (χ2n) is 20.6. The number of primary amides is 2. The van der Waals surface area contributed by atoms with E-state index in [0.717, 1.165) is 51.6 Å². The number of aromatic nitrogens is 4. The van der Waals surface area contributed by atoms with Gasteiger partial charge in [-0.05, 0) is 82.9 Å². The van der Waals surface area contributed by atoms with Crippen LogP contribution in [0.1, 0.15) is 84.6 Å². The Balaban J connectivity index is 0.000000208. The van der Waals surface area contributed by atoms with Gasteiger partial charge >= 0.3 is 12.5 Å². The molecule has 87 heavy (non-hydrogen) atoms. The molecule has 8 aromatic rings. The van der Waals surface area contributed by atoms with Gasteiger partial charge in [0.05, 0.1) is 80.1 Å². The molecule has 2 aromatic heterocycles. The summed E-state index contributed by atoms with van der Waals surface area (Å²) < 4.78 is 96.2. The summed E-state index contributed by atoms with van der Waals surface area (Å²) in [7, 11) is 3.79. The number of amides is 4. The molecule has 4 atom stereocenters. The first-order chi connectivity index (χ1) is 41.5. The summed E-state index contributed by atoms with van der Waals surface area (Å²) in [4.78, 5) is 63.8. The molecular formula is C62H58Cl2F6N10O7. The molecule has 0 spiro atoms. The van der Waals surface area contributed by atoms with Gasteiger partial charge < -0.3 is 55.2 Å². The fourth-order valence-corrected chi connectivity index (χ4v) is 10.6. The number of ether oxygens (including phenoxy) is 3. The quantitative estimate of drug-likeness (QED) is 0.0559. The summed E-state index contributed by atoms with van der Waals surface area (Å²) in [6.07, 6.45) is -0.899. The van der Waals surface area contributed by atoms with E-state index in [9.17, 15) is 45.5 Å². The number of carbonyl (C=O) groups is 4. The minimum absolute atomic E-state index is 0.189. The molecule has 454 valence electrons. The van der Waals surface area contributed by atoms with E-state index in [2.05, 4.69) is 25.3 Å². The number of alkyl halides is 6. The van der Waals surface area contributed by atoms with E-state index in [-0.39, 0.29) is 41.8 Å². The maximum atomic E-state index is 13.4. The van der Waals surface area contributed by atoms with Gasteiger partial charge in [0.15, 0.2) is 0 Å². The Hall–Kier alpha value is -9.22.